The molecule has 0 rings (SSSR count). The Labute approximate surface area is 497 Å². The normalized spacial score (nSPS) is 11.6. The van der Waals surface area contributed by atoms with Crippen molar-refractivity contribution < 1.29 is 19.2 Å². The summed E-state index contributed by atoms with van der Waals surface area (Å²) >= 11 is 0. The predicted molar refractivity (Wildman–Crippen MR) is 346 cm³/mol. The first-order chi connectivity index (χ1) is 39.3. The highest BCUT2D eigenvalue weighted by atomic mass is 16.2. The van der Waals surface area contributed by atoms with E-state index in [1.165, 1.54) is 231 Å². The van der Waals surface area contributed by atoms with Crippen molar-refractivity contribution in [2.75, 3.05) is 98.2 Å². The van der Waals surface area contributed by atoms with Gasteiger partial charge in [0.15, 0.2) is 0 Å². The van der Waals surface area contributed by atoms with Crippen LogP contribution in [0.5, 0.6) is 0 Å². The first-order valence-corrected chi connectivity index (χ1v) is 35.2. The molecule has 0 bridgehead atoms. The lowest BCUT2D eigenvalue weighted by molar-refractivity contribution is -0.123. The van der Waals surface area contributed by atoms with E-state index in [0.717, 1.165) is 97.7 Å². The van der Waals surface area contributed by atoms with Crippen molar-refractivity contribution >= 4 is 23.6 Å². The van der Waals surface area contributed by atoms with Gasteiger partial charge < -0.3 is 41.3 Å². The monoisotopic (exact) mass is 1130 g/mol. The number of carbonyl (C=O) groups is 4. The van der Waals surface area contributed by atoms with Crippen LogP contribution in [-0.2, 0) is 19.2 Å². The van der Waals surface area contributed by atoms with Crippen molar-refractivity contribution in [2.24, 2.45) is 0 Å². The van der Waals surface area contributed by atoms with Crippen molar-refractivity contribution in [2.45, 2.75) is 317 Å². The molecular weight excluding hydrogens is 993 g/mol. The third-order valence-electron chi connectivity index (χ3n) is 16.4. The van der Waals surface area contributed by atoms with Crippen LogP contribution in [0.15, 0.2) is 0 Å². The molecule has 0 radical (unpaired) electrons. The van der Waals surface area contributed by atoms with E-state index >= 15 is 0 Å². The van der Waals surface area contributed by atoms with Gasteiger partial charge in [0, 0.05) is 117 Å². The van der Waals surface area contributed by atoms with Crippen LogP contribution in [0.1, 0.15) is 317 Å². The van der Waals surface area contributed by atoms with Crippen molar-refractivity contribution in [3.05, 3.63) is 0 Å². The number of amides is 4. The minimum atomic E-state index is 0.104. The summed E-state index contributed by atoms with van der Waals surface area (Å²) in [6.45, 7) is 22.7. The molecule has 12 nitrogen and oxygen atoms in total. The Hall–Kier alpha value is -2.28. The van der Waals surface area contributed by atoms with E-state index in [-0.39, 0.29) is 23.6 Å². The van der Waals surface area contributed by atoms with Gasteiger partial charge >= 0.3 is 0 Å². The van der Waals surface area contributed by atoms with E-state index in [0.29, 0.717) is 51.9 Å². The minimum Gasteiger partial charge on any atom is -0.356 e. The molecule has 0 aliphatic carbocycles. The lowest BCUT2D eigenvalue weighted by atomic mass is 10.1. The second-order valence-corrected chi connectivity index (χ2v) is 24.0. The average Bonchev–Trinajstić information content (AvgIpc) is 3.46. The zero-order valence-electron chi connectivity index (χ0n) is 54.2. The second-order valence-electron chi connectivity index (χ2n) is 24.0. The first kappa shape index (κ1) is 77.7. The first-order valence-electron chi connectivity index (χ1n) is 35.2. The summed E-state index contributed by atoms with van der Waals surface area (Å²) in [5, 5.41) is 16.4. The number of nitrogens with zero attached hydrogens (tertiary/aromatic N) is 3. The fourth-order valence-electron chi connectivity index (χ4n) is 10.7. The van der Waals surface area contributed by atoms with E-state index < -0.39 is 0 Å². The molecule has 0 heterocycles. The maximum absolute atomic E-state index is 13.0. The van der Waals surface area contributed by atoms with Gasteiger partial charge in [0.1, 0.15) is 0 Å². The standard InChI is InChI=1S/C68H138N8O4/c1-6-11-15-19-23-27-31-35-39-43-51-70-65(77)47-57-75(58-48-66(78)71-52-44-40-36-32-28-24-20-16-12-7-2)62-56-69-55-61-74(10-5)63-64-76(59-49-67(79)72-53-45-41-37-33-29-25-21-17-13-8-3)60-50-68(80)73-54-46-42-38-34-30-26-22-18-14-9-4/h69H,6-64H2,1-5H3,(H,70,77)(H,71,78)(H,72,79)(H,73,80). The van der Waals surface area contributed by atoms with E-state index in [1.54, 1.807) is 0 Å². The molecule has 0 saturated carbocycles. The van der Waals surface area contributed by atoms with Gasteiger partial charge in [0.2, 0.25) is 23.6 Å². The van der Waals surface area contributed by atoms with Gasteiger partial charge in [-0.3, -0.25) is 19.2 Å². The molecule has 0 spiro atoms. The Balaban J connectivity index is 5.08. The fraction of sp³-hybridized carbons (Fsp3) is 0.941. The summed E-state index contributed by atoms with van der Waals surface area (Å²) in [5.74, 6) is 0.424. The molecule has 0 aliphatic heterocycles. The molecule has 0 aromatic carbocycles. The van der Waals surface area contributed by atoms with Crippen LogP contribution >= 0.6 is 0 Å². The molecule has 474 valence electrons. The molecule has 5 N–H and O–H groups in total. The fourth-order valence-corrected chi connectivity index (χ4v) is 10.7. The molecule has 0 aliphatic rings. The van der Waals surface area contributed by atoms with E-state index in [9.17, 15) is 19.2 Å². The Morgan fingerprint density at radius 1 is 0.225 bits per heavy atom. The third kappa shape index (κ3) is 58.9. The van der Waals surface area contributed by atoms with Gasteiger partial charge in [-0.25, -0.2) is 0 Å². The van der Waals surface area contributed by atoms with Crippen molar-refractivity contribution in [3.8, 4) is 0 Å². The second kappa shape index (κ2) is 64.3. The number of nitrogens with one attached hydrogen (secondary N) is 5. The molecular formula is C68H138N8O4. The summed E-state index contributed by atoms with van der Waals surface area (Å²) < 4.78 is 0. The molecule has 0 atom stereocenters. The van der Waals surface area contributed by atoms with Crippen LogP contribution in [-0.4, -0.2) is 136 Å². The van der Waals surface area contributed by atoms with Gasteiger partial charge in [0.25, 0.3) is 0 Å². The summed E-state index contributed by atoms with van der Waals surface area (Å²) in [7, 11) is 0. The highest BCUT2D eigenvalue weighted by molar-refractivity contribution is 5.77. The SMILES string of the molecule is CCCCCCCCCCCCNC(=O)CCN(CCNCCN(CC)CCN(CCC(=O)NCCCCCCCCCCCC)CCC(=O)NCCCCCCCCCCCC)CCC(=O)NCCCCCCCCCCCC. The maximum Gasteiger partial charge on any atom is 0.221 e. The van der Waals surface area contributed by atoms with E-state index in [4.69, 9.17) is 0 Å². The van der Waals surface area contributed by atoms with Crippen molar-refractivity contribution in [1.29, 1.82) is 0 Å². The molecule has 0 unspecified atom stereocenters. The third-order valence-corrected chi connectivity index (χ3v) is 16.4. The summed E-state index contributed by atoms with van der Waals surface area (Å²) in [6, 6.07) is 0. The molecule has 0 fully saturated rings. The van der Waals surface area contributed by atoms with Crippen molar-refractivity contribution in [3.63, 3.8) is 0 Å². The van der Waals surface area contributed by atoms with Gasteiger partial charge in [-0.05, 0) is 32.2 Å². The number of carbonyl (C=O) groups excluding carboxylic acids is 4. The van der Waals surface area contributed by atoms with E-state index in [2.05, 4.69) is 75.9 Å². The maximum atomic E-state index is 13.0. The van der Waals surface area contributed by atoms with Crippen LogP contribution in [0.2, 0.25) is 0 Å². The van der Waals surface area contributed by atoms with E-state index in [1.807, 2.05) is 0 Å². The minimum absolute atomic E-state index is 0.104. The number of rotatable bonds is 66. The Bertz CT molecular complexity index is 1240. The Morgan fingerprint density at radius 2 is 0.425 bits per heavy atom. The summed E-state index contributed by atoms with van der Waals surface area (Å²) in [4.78, 5) is 59.0. The smallest absolute Gasteiger partial charge is 0.221 e. The highest BCUT2D eigenvalue weighted by Gasteiger charge is 2.15. The van der Waals surface area contributed by atoms with Crippen LogP contribution in [0.25, 0.3) is 0 Å². The molecule has 0 aromatic rings. The number of likely N-dealkylation sites (N-methyl/N-ethyl adjacent to an activating group) is 1. The summed E-state index contributed by atoms with van der Waals surface area (Å²) in [5.41, 5.74) is 0. The lowest BCUT2D eigenvalue weighted by Crippen LogP contribution is -2.42. The van der Waals surface area contributed by atoms with Crippen LogP contribution in [0.3, 0.4) is 0 Å². The zero-order chi connectivity index (χ0) is 58.3. The predicted octanol–water partition coefficient (Wildman–Crippen LogP) is 15.2. The lowest BCUT2D eigenvalue weighted by Gasteiger charge is -2.27. The largest absolute Gasteiger partial charge is 0.356 e. The van der Waals surface area contributed by atoms with Gasteiger partial charge in [-0.15, -0.1) is 0 Å². The quantitative estimate of drug-likeness (QED) is 0.0380. The molecule has 0 saturated heterocycles. The van der Waals surface area contributed by atoms with Gasteiger partial charge in [0.05, 0.1) is 0 Å². The molecule has 4 amide bonds. The summed E-state index contributed by atoms with van der Waals surface area (Å²) in [6.07, 6.45) is 53.1. The molecule has 12 heteroatoms. The van der Waals surface area contributed by atoms with Gasteiger partial charge in [-0.1, -0.05) is 266 Å². The Morgan fingerprint density at radius 3 is 0.662 bits per heavy atom. The van der Waals surface area contributed by atoms with Crippen LogP contribution < -0.4 is 26.6 Å². The van der Waals surface area contributed by atoms with Crippen LogP contribution in [0, 0.1) is 0 Å². The average molecular weight is 1130 g/mol. The number of hydrogen-bond acceptors (Lipinski definition) is 8. The number of hydrogen-bond donors (Lipinski definition) is 5. The number of unbranched alkanes of at least 4 members (excludes halogenated alkanes) is 36. The van der Waals surface area contributed by atoms with Crippen molar-refractivity contribution in [1.82, 2.24) is 41.3 Å². The van der Waals surface area contributed by atoms with Gasteiger partial charge in [-0.2, -0.15) is 0 Å². The molecule has 0 aromatic heterocycles. The van der Waals surface area contributed by atoms with Crippen LogP contribution in [0.4, 0.5) is 0 Å². The topological polar surface area (TPSA) is 138 Å². The molecule has 80 heavy (non-hydrogen) atoms. The highest BCUT2D eigenvalue weighted by Crippen LogP contribution is 2.14. The Kier molecular flexibility index (Phi) is 62.5. The zero-order valence-corrected chi connectivity index (χ0v) is 54.2.